The van der Waals surface area contributed by atoms with Crippen molar-refractivity contribution in [3.63, 3.8) is 0 Å². The second kappa shape index (κ2) is 5.51. The van der Waals surface area contributed by atoms with Crippen molar-refractivity contribution in [2.75, 3.05) is 6.61 Å². The molecule has 0 atom stereocenters. The summed E-state index contributed by atoms with van der Waals surface area (Å²) in [6, 6.07) is 3.88. The van der Waals surface area contributed by atoms with E-state index in [0.717, 1.165) is 42.2 Å². The number of carbonyl (C=O) groups excluding carboxylic acids is 1. The molecule has 1 aromatic rings. The number of ketones is 1. The molecule has 0 saturated heterocycles. The van der Waals surface area contributed by atoms with Crippen LogP contribution in [0.15, 0.2) is 12.1 Å². The number of hydrogen-bond donors (Lipinski definition) is 0. The van der Waals surface area contributed by atoms with Gasteiger partial charge in [0.25, 0.3) is 0 Å². The zero-order valence-corrected chi connectivity index (χ0v) is 11.5. The Bertz CT molecular complexity index is 488. The van der Waals surface area contributed by atoms with Gasteiger partial charge in [-0.05, 0) is 30.5 Å². The molecule has 19 heavy (non-hydrogen) atoms. The fraction of sp³-hybridized carbons (Fsp3) is 0.533. The van der Waals surface area contributed by atoms with Crippen molar-refractivity contribution in [3.05, 3.63) is 28.3 Å². The molecule has 1 aliphatic heterocycles. The number of benzene rings is 1. The molecule has 0 radical (unpaired) electrons. The van der Waals surface area contributed by atoms with Crippen LogP contribution in [-0.4, -0.2) is 18.5 Å². The largest absolute Gasteiger partial charge is 0.493 e. The van der Waals surface area contributed by atoms with E-state index in [4.69, 9.17) is 21.1 Å². The van der Waals surface area contributed by atoms with Gasteiger partial charge >= 0.3 is 0 Å². The van der Waals surface area contributed by atoms with Crippen LogP contribution in [0, 0.1) is 0 Å². The van der Waals surface area contributed by atoms with E-state index in [1.165, 1.54) is 5.56 Å². The van der Waals surface area contributed by atoms with Crippen LogP contribution >= 0.6 is 11.6 Å². The Balaban J connectivity index is 1.65. The molecule has 102 valence electrons. The minimum absolute atomic E-state index is 0.189. The monoisotopic (exact) mass is 280 g/mol. The van der Waals surface area contributed by atoms with Crippen LogP contribution in [0.5, 0.6) is 5.75 Å². The predicted octanol–water partition coefficient (Wildman–Crippen LogP) is 3.30. The Morgan fingerprint density at radius 2 is 2.05 bits per heavy atom. The molecule has 1 fully saturated rings. The van der Waals surface area contributed by atoms with Crippen LogP contribution in [0.1, 0.15) is 36.8 Å². The minimum Gasteiger partial charge on any atom is -0.493 e. The molecular weight excluding hydrogens is 264 g/mol. The van der Waals surface area contributed by atoms with Gasteiger partial charge in [0.2, 0.25) is 0 Å². The van der Waals surface area contributed by atoms with Crippen LogP contribution in [0.3, 0.4) is 0 Å². The van der Waals surface area contributed by atoms with Gasteiger partial charge in [-0.1, -0.05) is 11.6 Å². The maximum absolute atomic E-state index is 11.2. The average Bonchev–Trinajstić information content (AvgIpc) is 2.85. The van der Waals surface area contributed by atoms with Crippen molar-refractivity contribution in [2.45, 2.75) is 44.8 Å². The lowest BCUT2D eigenvalue weighted by atomic mass is 9.96. The molecule has 1 saturated carbocycles. The van der Waals surface area contributed by atoms with Gasteiger partial charge in [0, 0.05) is 29.8 Å². The summed E-state index contributed by atoms with van der Waals surface area (Å²) in [5.41, 5.74) is 2.20. The molecule has 0 amide bonds. The number of halogens is 1. The lowest BCUT2D eigenvalue weighted by Gasteiger charge is -2.22. The second-order valence-electron chi connectivity index (χ2n) is 5.20. The highest BCUT2D eigenvalue weighted by Gasteiger charge is 2.21. The topological polar surface area (TPSA) is 35.5 Å². The first-order valence-corrected chi connectivity index (χ1v) is 7.17. The molecule has 3 nitrogen and oxygen atoms in total. The lowest BCUT2D eigenvalue weighted by molar-refractivity contribution is -0.123. The summed E-state index contributed by atoms with van der Waals surface area (Å²) in [7, 11) is 0. The molecule has 2 aliphatic rings. The summed E-state index contributed by atoms with van der Waals surface area (Å²) < 4.78 is 11.6. The van der Waals surface area contributed by atoms with E-state index >= 15 is 0 Å². The molecule has 1 aliphatic carbocycles. The second-order valence-corrected chi connectivity index (χ2v) is 5.64. The summed E-state index contributed by atoms with van der Waals surface area (Å²) in [4.78, 5) is 11.2. The zero-order valence-electron chi connectivity index (χ0n) is 10.8. The van der Waals surface area contributed by atoms with Gasteiger partial charge in [0.15, 0.2) is 0 Å². The van der Waals surface area contributed by atoms with Crippen molar-refractivity contribution in [2.24, 2.45) is 0 Å². The Morgan fingerprint density at radius 1 is 1.26 bits per heavy atom. The zero-order chi connectivity index (χ0) is 13.2. The van der Waals surface area contributed by atoms with Crippen molar-refractivity contribution in [3.8, 4) is 5.75 Å². The van der Waals surface area contributed by atoms with Gasteiger partial charge in [0.05, 0.1) is 19.3 Å². The highest BCUT2D eigenvalue weighted by molar-refractivity contribution is 6.30. The first-order valence-electron chi connectivity index (χ1n) is 6.80. The maximum atomic E-state index is 11.2. The third-order valence-electron chi connectivity index (χ3n) is 3.79. The Morgan fingerprint density at radius 3 is 2.84 bits per heavy atom. The van der Waals surface area contributed by atoms with Crippen molar-refractivity contribution in [1.82, 2.24) is 0 Å². The number of Topliss-reactive ketones (excluding diaryl/α,β-unsaturated/α-hetero) is 1. The predicted molar refractivity (Wildman–Crippen MR) is 72.7 cm³/mol. The molecule has 0 unspecified atom stereocenters. The summed E-state index contributed by atoms with van der Waals surface area (Å²) in [6.07, 6.45) is 4.07. The maximum Gasteiger partial charge on any atom is 0.133 e. The standard InChI is InChI=1S/C15H17ClO3/c16-12-7-10-5-6-18-15(10)11(8-12)9-19-14-3-1-13(17)2-4-14/h7-8,14H,1-6,9H2. The van der Waals surface area contributed by atoms with E-state index in [2.05, 4.69) is 0 Å². The van der Waals surface area contributed by atoms with Crippen LogP contribution in [0.4, 0.5) is 0 Å². The molecular formula is C15H17ClO3. The number of ether oxygens (including phenoxy) is 2. The molecule has 4 heteroatoms. The van der Waals surface area contributed by atoms with E-state index in [9.17, 15) is 4.79 Å². The SMILES string of the molecule is O=C1CCC(OCc2cc(Cl)cc3c2OCC3)CC1. The van der Waals surface area contributed by atoms with Crippen LogP contribution in [0.25, 0.3) is 0 Å². The average molecular weight is 281 g/mol. The molecule has 3 rings (SSSR count). The molecule has 0 bridgehead atoms. The van der Waals surface area contributed by atoms with Gasteiger partial charge < -0.3 is 9.47 Å². The third kappa shape index (κ3) is 2.93. The van der Waals surface area contributed by atoms with E-state index in [0.29, 0.717) is 25.2 Å². The van der Waals surface area contributed by atoms with Gasteiger partial charge in [-0.2, -0.15) is 0 Å². The lowest BCUT2D eigenvalue weighted by Crippen LogP contribution is -2.21. The Kier molecular flexibility index (Phi) is 3.76. The number of fused-ring (bicyclic) bond motifs is 1. The van der Waals surface area contributed by atoms with Gasteiger partial charge in [-0.3, -0.25) is 4.79 Å². The van der Waals surface area contributed by atoms with Gasteiger partial charge in [0.1, 0.15) is 11.5 Å². The fourth-order valence-corrected chi connectivity index (χ4v) is 3.00. The van der Waals surface area contributed by atoms with Crippen molar-refractivity contribution in [1.29, 1.82) is 0 Å². The number of hydrogen-bond acceptors (Lipinski definition) is 3. The van der Waals surface area contributed by atoms with E-state index < -0.39 is 0 Å². The summed E-state index contributed by atoms with van der Waals surface area (Å²) in [6.45, 7) is 1.24. The minimum atomic E-state index is 0.189. The normalized spacial score (nSPS) is 19.3. The highest BCUT2D eigenvalue weighted by Crippen LogP contribution is 2.33. The van der Waals surface area contributed by atoms with Crippen LogP contribution in [0.2, 0.25) is 5.02 Å². The van der Waals surface area contributed by atoms with E-state index in [1.807, 2.05) is 12.1 Å². The number of carbonyl (C=O) groups is 1. The Hall–Kier alpha value is -1.06. The molecule has 0 spiro atoms. The van der Waals surface area contributed by atoms with Crippen LogP contribution in [-0.2, 0) is 22.6 Å². The van der Waals surface area contributed by atoms with Crippen LogP contribution < -0.4 is 4.74 Å². The first-order chi connectivity index (χ1) is 9.22. The van der Waals surface area contributed by atoms with Gasteiger partial charge in [-0.25, -0.2) is 0 Å². The van der Waals surface area contributed by atoms with E-state index in [1.54, 1.807) is 0 Å². The summed E-state index contributed by atoms with van der Waals surface area (Å²) in [5, 5.41) is 0.738. The van der Waals surface area contributed by atoms with Crippen molar-refractivity contribution < 1.29 is 14.3 Å². The molecule has 1 aromatic carbocycles. The highest BCUT2D eigenvalue weighted by atomic mass is 35.5. The van der Waals surface area contributed by atoms with Crippen molar-refractivity contribution >= 4 is 17.4 Å². The molecule has 0 aromatic heterocycles. The summed E-state index contributed by atoms with van der Waals surface area (Å²) >= 11 is 6.11. The molecule has 1 heterocycles. The fourth-order valence-electron chi connectivity index (χ4n) is 2.74. The Labute approximate surface area is 117 Å². The number of rotatable bonds is 3. The molecule has 0 N–H and O–H groups in total. The smallest absolute Gasteiger partial charge is 0.133 e. The first kappa shape index (κ1) is 12.9. The van der Waals surface area contributed by atoms with Gasteiger partial charge in [-0.15, -0.1) is 0 Å². The quantitative estimate of drug-likeness (QED) is 0.852. The third-order valence-corrected chi connectivity index (χ3v) is 4.01. The van der Waals surface area contributed by atoms with E-state index in [-0.39, 0.29) is 6.10 Å². The summed E-state index contributed by atoms with van der Waals surface area (Å²) in [5.74, 6) is 1.29.